The minimum atomic E-state index is -3.55. The van der Waals surface area contributed by atoms with Crippen LogP contribution in [0.15, 0.2) is 17.0 Å². The van der Waals surface area contributed by atoms with Crippen molar-refractivity contribution in [2.75, 3.05) is 26.7 Å². The SMILES string of the molecule is CCc1cc(CC)c(S(=O)(=O)N2CCC(N(C)CC(=O)O)CC2)c(CC)c1. The molecule has 0 spiro atoms. The smallest absolute Gasteiger partial charge is 0.317 e. The number of rotatable bonds is 8. The lowest BCUT2D eigenvalue weighted by molar-refractivity contribution is -0.138. The molecule has 0 aliphatic carbocycles. The van der Waals surface area contributed by atoms with Crippen LogP contribution in [0.1, 0.15) is 50.3 Å². The van der Waals surface area contributed by atoms with Gasteiger partial charge in [0.15, 0.2) is 0 Å². The van der Waals surface area contributed by atoms with E-state index in [0.717, 1.165) is 17.5 Å². The van der Waals surface area contributed by atoms with Crippen LogP contribution in [0.3, 0.4) is 0 Å². The summed E-state index contributed by atoms with van der Waals surface area (Å²) in [6.07, 6.45) is 3.57. The second kappa shape index (κ2) is 9.17. The average molecular weight is 397 g/mol. The van der Waals surface area contributed by atoms with Gasteiger partial charge in [0.05, 0.1) is 11.4 Å². The number of likely N-dealkylation sites (N-methyl/N-ethyl adjacent to an activating group) is 1. The van der Waals surface area contributed by atoms with Gasteiger partial charge in [-0.15, -0.1) is 0 Å². The van der Waals surface area contributed by atoms with Crippen molar-refractivity contribution in [1.82, 2.24) is 9.21 Å². The fourth-order valence-corrected chi connectivity index (χ4v) is 5.90. The molecule has 0 unspecified atom stereocenters. The lowest BCUT2D eigenvalue weighted by Crippen LogP contribution is -2.46. The van der Waals surface area contributed by atoms with E-state index in [1.54, 1.807) is 16.3 Å². The first-order valence-corrected chi connectivity index (χ1v) is 11.2. The molecule has 0 saturated carbocycles. The molecule has 1 N–H and O–H groups in total. The number of aryl methyl sites for hydroxylation is 3. The van der Waals surface area contributed by atoms with Crippen LogP contribution in [-0.2, 0) is 34.1 Å². The van der Waals surface area contributed by atoms with Crippen LogP contribution in [-0.4, -0.2) is 61.4 Å². The van der Waals surface area contributed by atoms with Gasteiger partial charge in [0.2, 0.25) is 10.0 Å². The third-order valence-electron chi connectivity index (χ3n) is 5.50. The second-order valence-electron chi connectivity index (χ2n) is 7.25. The number of sulfonamides is 1. The number of carboxylic acid groups (broad SMARTS) is 1. The molecule has 1 heterocycles. The molecule has 1 aromatic rings. The van der Waals surface area contributed by atoms with Crippen LogP contribution in [0, 0.1) is 0 Å². The van der Waals surface area contributed by atoms with Crippen molar-refractivity contribution < 1.29 is 18.3 Å². The van der Waals surface area contributed by atoms with Gasteiger partial charge in [0.25, 0.3) is 0 Å². The summed E-state index contributed by atoms with van der Waals surface area (Å²) < 4.78 is 28.4. The third kappa shape index (κ3) is 4.89. The van der Waals surface area contributed by atoms with E-state index in [4.69, 9.17) is 5.11 Å². The topological polar surface area (TPSA) is 77.9 Å². The first-order chi connectivity index (χ1) is 12.7. The second-order valence-corrected chi connectivity index (χ2v) is 9.12. The minimum Gasteiger partial charge on any atom is -0.480 e. The van der Waals surface area contributed by atoms with Crippen molar-refractivity contribution in [3.8, 4) is 0 Å². The lowest BCUT2D eigenvalue weighted by Gasteiger charge is -2.36. The molecule has 6 nitrogen and oxygen atoms in total. The number of piperidine rings is 1. The van der Waals surface area contributed by atoms with Gasteiger partial charge in [-0.25, -0.2) is 8.42 Å². The van der Waals surface area contributed by atoms with E-state index in [9.17, 15) is 13.2 Å². The highest BCUT2D eigenvalue weighted by atomic mass is 32.2. The summed E-state index contributed by atoms with van der Waals surface area (Å²) in [5, 5.41) is 8.95. The lowest BCUT2D eigenvalue weighted by atomic mass is 10.0. The monoisotopic (exact) mass is 396 g/mol. The molecular formula is C20H32N2O4S. The van der Waals surface area contributed by atoms with Gasteiger partial charge < -0.3 is 5.11 Å². The van der Waals surface area contributed by atoms with Crippen LogP contribution >= 0.6 is 0 Å². The van der Waals surface area contributed by atoms with Crippen LogP contribution in [0.5, 0.6) is 0 Å². The van der Waals surface area contributed by atoms with Crippen molar-refractivity contribution in [2.24, 2.45) is 0 Å². The largest absolute Gasteiger partial charge is 0.480 e. The normalized spacial score (nSPS) is 16.8. The first kappa shape index (κ1) is 21.9. The van der Waals surface area contributed by atoms with E-state index in [0.29, 0.717) is 43.7 Å². The Balaban J connectivity index is 2.26. The predicted octanol–water partition coefficient (Wildman–Crippen LogP) is 2.54. The molecule has 152 valence electrons. The Labute approximate surface area is 163 Å². The quantitative estimate of drug-likeness (QED) is 0.731. The predicted molar refractivity (Wildman–Crippen MR) is 107 cm³/mol. The number of carboxylic acids is 1. The highest BCUT2D eigenvalue weighted by Crippen LogP contribution is 2.30. The average Bonchev–Trinajstić information content (AvgIpc) is 2.66. The Bertz CT molecular complexity index is 743. The van der Waals surface area contributed by atoms with Crippen molar-refractivity contribution in [3.63, 3.8) is 0 Å². The molecule has 0 amide bonds. The zero-order valence-corrected chi connectivity index (χ0v) is 17.7. The summed E-state index contributed by atoms with van der Waals surface area (Å²) in [6, 6.07) is 4.16. The number of carbonyl (C=O) groups is 1. The molecule has 0 aromatic heterocycles. The highest BCUT2D eigenvalue weighted by Gasteiger charge is 2.33. The summed E-state index contributed by atoms with van der Waals surface area (Å²) in [6.45, 7) is 6.93. The highest BCUT2D eigenvalue weighted by molar-refractivity contribution is 7.89. The number of benzene rings is 1. The number of hydrogen-bond acceptors (Lipinski definition) is 4. The van der Waals surface area contributed by atoms with Gasteiger partial charge in [0.1, 0.15) is 0 Å². The summed E-state index contributed by atoms with van der Waals surface area (Å²) in [7, 11) is -1.76. The molecule has 0 atom stereocenters. The molecule has 1 saturated heterocycles. The molecular weight excluding hydrogens is 364 g/mol. The molecule has 0 bridgehead atoms. The Morgan fingerprint density at radius 3 is 2.04 bits per heavy atom. The van der Waals surface area contributed by atoms with Crippen LogP contribution < -0.4 is 0 Å². The summed E-state index contributed by atoms with van der Waals surface area (Å²) >= 11 is 0. The Morgan fingerprint density at radius 1 is 1.11 bits per heavy atom. The summed E-state index contributed by atoms with van der Waals surface area (Å²) in [5.74, 6) is -0.858. The van der Waals surface area contributed by atoms with E-state index in [2.05, 4.69) is 6.92 Å². The third-order valence-corrected chi connectivity index (χ3v) is 7.59. The van der Waals surface area contributed by atoms with Gasteiger partial charge >= 0.3 is 5.97 Å². The van der Waals surface area contributed by atoms with E-state index in [1.807, 2.05) is 26.0 Å². The van der Waals surface area contributed by atoms with Gasteiger partial charge in [-0.2, -0.15) is 4.31 Å². The Kier molecular flexibility index (Phi) is 7.42. The van der Waals surface area contributed by atoms with Crippen LogP contribution in [0.4, 0.5) is 0 Å². The zero-order chi connectivity index (χ0) is 20.2. The number of hydrogen-bond donors (Lipinski definition) is 1. The van der Waals surface area contributed by atoms with E-state index < -0.39 is 16.0 Å². The standard InChI is InChI=1S/C20H32N2O4S/c1-5-15-12-16(6-2)20(17(7-3)13-15)27(25,26)22-10-8-18(9-11-22)21(4)14-19(23)24/h12-13,18H,5-11,14H2,1-4H3,(H,23,24). The van der Waals surface area contributed by atoms with E-state index in [1.165, 1.54) is 5.56 Å². The van der Waals surface area contributed by atoms with Gasteiger partial charge in [0, 0.05) is 19.1 Å². The molecule has 1 aliphatic rings. The molecule has 1 aliphatic heterocycles. The first-order valence-electron chi connectivity index (χ1n) is 9.81. The van der Waals surface area contributed by atoms with Crippen molar-refractivity contribution in [1.29, 1.82) is 0 Å². The molecule has 0 radical (unpaired) electrons. The molecule has 7 heteroatoms. The van der Waals surface area contributed by atoms with Crippen molar-refractivity contribution in [3.05, 3.63) is 28.8 Å². The maximum absolute atomic E-state index is 13.4. The fourth-order valence-electron chi connectivity index (χ4n) is 3.88. The fraction of sp³-hybridized carbons (Fsp3) is 0.650. The molecule has 27 heavy (non-hydrogen) atoms. The Hall–Kier alpha value is -1.44. The van der Waals surface area contributed by atoms with Crippen LogP contribution in [0.2, 0.25) is 0 Å². The molecule has 2 rings (SSSR count). The Morgan fingerprint density at radius 2 is 1.63 bits per heavy atom. The number of nitrogens with zero attached hydrogens (tertiary/aromatic N) is 2. The maximum atomic E-state index is 13.4. The summed E-state index contributed by atoms with van der Waals surface area (Å²) in [5.41, 5.74) is 2.98. The summed E-state index contributed by atoms with van der Waals surface area (Å²) in [4.78, 5) is 13.2. The van der Waals surface area contributed by atoms with E-state index in [-0.39, 0.29) is 12.6 Å². The van der Waals surface area contributed by atoms with Crippen molar-refractivity contribution >= 4 is 16.0 Å². The maximum Gasteiger partial charge on any atom is 0.317 e. The van der Waals surface area contributed by atoms with Gasteiger partial charge in [-0.05, 0) is 55.8 Å². The van der Waals surface area contributed by atoms with Crippen molar-refractivity contribution in [2.45, 2.75) is 63.8 Å². The minimum absolute atomic E-state index is 0.0180. The van der Waals surface area contributed by atoms with Gasteiger partial charge in [-0.3, -0.25) is 9.69 Å². The molecule has 1 aromatic carbocycles. The van der Waals surface area contributed by atoms with Gasteiger partial charge in [-0.1, -0.05) is 32.9 Å². The zero-order valence-electron chi connectivity index (χ0n) is 16.9. The molecule has 1 fully saturated rings. The van der Waals surface area contributed by atoms with E-state index >= 15 is 0 Å². The van der Waals surface area contributed by atoms with Crippen LogP contribution in [0.25, 0.3) is 0 Å². The number of aliphatic carboxylic acids is 1.